The summed E-state index contributed by atoms with van der Waals surface area (Å²) in [7, 11) is 0. The Labute approximate surface area is 182 Å². The second-order valence-electron chi connectivity index (χ2n) is 8.00. The van der Waals surface area contributed by atoms with Crippen molar-refractivity contribution >= 4 is 12.0 Å². The highest BCUT2D eigenvalue weighted by Gasteiger charge is 2.34. The van der Waals surface area contributed by atoms with Gasteiger partial charge in [-0.15, -0.1) is 0 Å². The number of nitrogens with zero attached hydrogens (tertiary/aromatic N) is 4. The summed E-state index contributed by atoms with van der Waals surface area (Å²) < 4.78 is 5.49. The Balaban J connectivity index is 1.29. The number of anilines is 1. The van der Waals surface area contributed by atoms with E-state index in [1.54, 1.807) is 0 Å². The molecule has 158 valence electrons. The highest BCUT2D eigenvalue weighted by Crippen LogP contribution is 2.38. The van der Waals surface area contributed by atoms with E-state index in [9.17, 15) is 4.79 Å². The smallest absolute Gasteiger partial charge is 0.141 e. The van der Waals surface area contributed by atoms with Gasteiger partial charge in [-0.2, -0.15) is 0 Å². The van der Waals surface area contributed by atoms with Gasteiger partial charge in [-0.05, 0) is 17.7 Å². The third kappa shape index (κ3) is 4.09. The molecule has 3 aromatic rings. The van der Waals surface area contributed by atoms with Gasteiger partial charge in [0.15, 0.2) is 0 Å². The van der Waals surface area contributed by atoms with Gasteiger partial charge < -0.3 is 14.4 Å². The van der Waals surface area contributed by atoms with E-state index in [0.29, 0.717) is 6.54 Å². The number of aldehydes is 1. The second kappa shape index (κ2) is 8.96. The van der Waals surface area contributed by atoms with E-state index in [1.807, 2.05) is 36.7 Å². The molecule has 1 unspecified atom stereocenters. The summed E-state index contributed by atoms with van der Waals surface area (Å²) in [6, 6.07) is 16.2. The number of ether oxygens (including phenoxy) is 1. The predicted octanol–water partition coefficient (Wildman–Crippen LogP) is 3.28. The maximum Gasteiger partial charge on any atom is 0.141 e. The number of hydrogen-bond donors (Lipinski definition) is 0. The molecule has 1 fully saturated rings. The van der Waals surface area contributed by atoms with Crippen molar-refractivity contribution in [1.29, 1.82) is 0 Å². The standard InChI is InChI=1S/C25H26N4O2/c30-18-24-25-22(26-10-8-23(25)28-12-14-31-15-13-28)17-29(24)11-9-21-7-6-20(16-27-21)19-4-2-1-3-5-19/h1-8,10,16,18,24H,9,11-15,17H2. The molecule has 1 saturated heterocycles. The molecule has 0 saturated carbocycles. The average Bonchev–Trinajstić information content (AvgIpc) is 3.22. The lowest BCUT2D eigenvalue weighted by molar-refractivity contribution is -0.112. The van der Waals surface area contributed by atoms with E-state index in [4.69, 9.17) is 4.74 Å². The lowest BCUT2D eigenvalue weighted by Gasteiger charge is -2.31. The lowest BCUT2D eigenvalue weighted by Crippen LogP contribution is -2.37. The van der Waals surface area contributed by atoms with Crippen LogP contribution in [0.2, 0.25) is 0 Å². The van der Waals surface area contributed by atoms with Gasteiger partial charge >= 0.3 is 0 Å². The summed E-state index contributed by atoms with van der Waals surface area (Å²) in [5.74, 6) is 0. The van der Waals surface area contributed by atoms with Crippen molar-refractivity contribution in [2.75, 3.05) is 37.7 Å². The summed E-state index contributed by atoms with van der Waals surface area (Å²) in [6.45, 7) is 4.59. The minimum absolute atomic E-state index is 0.259. The van der Waals surface area contributed by atoms with Crippen molar-refractivity contribution in [2.45, 2.75) is 19.0 Å². The van der Waals surface area contributed by atoms with Gasteiger partial charge in [0.05, 0.1) is 24.9 Å². The number of morpholine rings is 1. The molecule has 1 aromatic carbocycles. The van der Waals surface area contributed by atoms with Crippen LogP contribution in [-0.2, 0) is 22.5 Å². The minimum atomic E-state index is -0.259. The maximum atomic E-state index is 12.1. The van der Waals surface area contributed by atoms with Crippen LogP contribution in [0, 0.1) is 0 Å². The van der Waals surface area contributed by atoms with Crippen molar-refractivity contribution in [3.63, 3.8) is 0 Å². The molecule has 4 heterocycles. The number of carbonyl (C=O) groups excluding carboxylic acids is 1. The fraction of sp³-hybridized carbons (Fsp3) is 0.320. The normalized spacial score (nSPS) is 18.7. The number of benzene rings is 1. The Morgan fingerprint density at radius 3 is 2.58 bits per heavy atom. The van der Waals surface area contributed by atoms with Crippen LogP contribution < -0.4 is 4.90 Å². The molecular weight excluding hydrogens is 388 g/mol. The molecule has 2 aromatic heterocycles. The fourth-order valence-electron chi connectivity index (χ4n) is 4.51. The average molecular weight is 415 g/mol. The van der Waals surface area contributed by atoms with E-state index in [0.717, 1.165) is 73.8 Å². The second-order valence-corrected chi connectivity index (χ2v) is 8.00. The lowest BCUT2D eigenvalue weighted by atomic mass is 10.1. The van der Waals surface area contributed by atoms with E-state index < -0.39 is 0 Å². The zero-order valence-corrected chi connectivity index (χ0v) is 17.5. The first-order valence-electron chi connectivity index (χ1n) is 10.8. The summed E-state index contributed by atoms with van der Waals surface area (Å²) in [5, 5.41) is 0. The van der Waals surface area contributed by atoms with Gasteiger partial charge in [0.1, 0.15) is 6.29 Å². The first kappa shape index (κ1) is 19.8. The molecule has 0 bridgehead atoms. The van der Waals surface area contributed by atoms with Crippen molar-refractivity contribution in [3.05, 3.63) is 77.9 Å². The van der Waals surface area contributed by atoms with Crippen LogP contribution >= 0.6 is 0 Å². The minimum Gasteiger partial charge on any atom is -0.378 e. The Bertz CT molecular complexity index is 1030. The van der Waals surface area contributed by atoms with Crippen LogP contribution in [0.25, 0.3) is 11.1 Å². The molecular formula is C25H26N4O2. The molecule has 0 N–H and O–H groups in total. The number of rotatable bonds is 6. The highest BCUT2D eigenvalue weighted by atomic mass is 16.5. The summed E-state index contributed by atoms with van der Waals surface area (Å²) in [5.41, 5.74) is 6.50. The molecule has 2 aliphatic rings. The number of aromatic nitrogens is 2. The molecule has 6 nitrogen and oxygen atoms in total. The van der Waals surface area contributed by atoms with Gasteiger partial charge in [-0.1, -0.05) is 36.4 Å². The van der Waals surface area contributed by atoms with Gasteiger partial charge in [0, 0.05) is 67.5 Å². The van der Waals surface area contributed by atoms with Crippen LogP contribution in [0.15, 0.2) is 60.9 Å². The van der Waals surface area contributed by atoms with Crippen molar-refractivity contribution < 1.29 is 9.53 Å². The van der Waals surface area contributed by atoms with Crippen molar-refractivity contribution in [2.24, 2.45) is 0 Å². The largest absolute Gasteiger partial charge is 0.378 e. The molecule has 0 aliphatic carbocycles. The molecule has 0 spiro atoms. The van der Waals surface area contributed by atoms with E-state index in [1.165, 1.54) is 5.56 Å². The number of pyridine rings is 2. The van der Waals surface area contributed by atoms with Crippen LogP contribution in [0.5, 0.6) is 0 Å². The molecule has 2 aliphatic heterocycles. The number of hydrogen-bond acceptors (Lipinski definition) is 6. The molecule has 6 heteroatoms. The predicted molar refractivity (Wildman–Crippen MR) is 120 cm³/mol. The number of carbonyl (C=O) groups is 1. The topological polar surface area (TPSA) is 58.6 Å². The third-order valence-electron chi connectivity index (χ3n) is 6.16. The van der Waals surface area contributed by atoms with E-state index in [-0.39, 0.29) is 6.04 Å². The Morgan fingerprint density at radius 1 is 1.00 bits per heavy atom. The van der Waals surface area contributed by atoms with Gasteiger partial charge in [0.25, 0.3) is 0 Å². The molecule has 5 rings (SSSR count). The van der Waals surface area contributed by atoms with E-state index in [2.05, 4.69) is 44.0 Å². The van der Waals surface area contributed by atoms with Crippen LogP contribution in [-0.4, -0.2) is 54.0 Å². The monoisotopic (exact) mass is 414 g/mol. The Kier molecular flexibility index (Phi) is 5.74. The molecule has 1 atom stereocenters. The summed E-state index contributed by atoms with van der Waals surface area (Å²) in [4.78, 5) is 25.9. The van der Waals surface area contributed by atoms with Gasteiger partial charge in [0.2, 0.25) is 0 Å². The Morgan fingerprint density at radius 2 is 1.84 bits per heavy atom. The molecule has 0 amide bonds. The van der Waals surface area contributed by atoms with Crippen LogP contribution in [0.4, 0.5) is 5.69 Å². The van der Waals surface area contributed by atoms with E-state index >= 15 is 0 Å². The zero-order valence-electron chi connectivity index (χ0n) is 17.5. The van der Waals surface area contributed by atoms with Crippen LogP contribution in [0.3, 0.4) is 0 Å². The molecule has 31 heavy (non-hydrogen) atoms. The van der Waals surface area contributed by atoms with Gasteiger partial charge in [-0.25, -0.2) is 0 Å². The number of fused-ring (bicyclic) bond motifs is 1. The fourth-order valence-corrected chi connectivity index (χ4v) is 4.51. The highest BCUT2D eigenvalue weighted by molar-refractivity contribution is 5.71. The van der Waals surface area contributed by atoms with Crippen molar-refractivity contribution in [1.82, 2.24) is 14.9 Å². The first-order valence-corrected chi connectivity index (χ1v) is 10.8. The summed E-state index contributed by atoms with van der Waals surface area (Å²) in [6.07, 6.45) is 5.64. The van der Waals surface area contributed by atoms with Crippen LogP contribution in [0.1, 0.15) is 23.0 Å². The summed E-state index contributed by atoms with van der Waals surface area (Å²) >= 11 is 0. The zero-order chi connectivity index (χ0) is 21.0. The maximum absolute atomic E-state index is 12.1. The first-order chi connectivity index (χ1) is 15.3. The molecule has 0 radical (unpaired) electrons. The SMILES string of the molecule is O=CC1c2c(N3CCOCC3)ccnc2CN1CCc1ccc(-c2ccccc2)cn1. The third-order valence-corrected chi connectivity index (χ3v) is 6.16. The van der Waals surface area contributed by atoms with Crippen molar-refractivity contribution in [3.8, 4) is 11.1 Å². The Hall–Kier alpha value is -3.09. The quantitative estimate of drug-likeness (QED) is 0.577. The van der Waals surface area contributed by atoms with Gasteiger partial charge in [-0.3, -0.25) is 14.9 Å².